The highest BCUT2D eigenvalue weighted by Gasteiger charge is 2.20. The van der Waals surface area contributed by atoms with Gasteiger partial charge in [0.2, 0.25) is 0 Å². The van der Waals surface area contributed by atoms with Crippen LogP contribution in [-0.2, 0) is 6.42 Å². The number of carbonyl (C=O) groups is 1. The Bertz CT molecular complexity index is 665. The summed E-state index contributed by atoms with van der Waals surface area (Å²) in [5.41, 5.74) is 0.737. The summed E-state index contributed by atoms with van der Waals surface area (Å²) in [4.78, 5) is 12.0. The maximum Gasteiger partial charge on any atom is 0.272 e. The first-order valence-electron chi connectivity index (χ1n) is 6.56. The quantitative estimate of drug-likeness (QED) is 0.737. The average molecular weight is 313 g/mol. The Kier molecular flexibility index (Phi) is 4.81. The average Bonchev–Trinajstić information content (AvgIpc) is 2.98. The van der Waals surface area contributed by atoms with Gasteiger partial charge in [-0.1, -0.05) is 6.92 Å². The van der Waals surface area contributed by atoms with Gasteiger partial charge in [0, 0.05) is 5.69 Å². The minimum Gasteiger partial charge on any atom is -0.394 e. The number of carbonyl (C=O) groups excluding carboxylic acids is 1. The minimum absolute atomic E-state index is 0.0818. The summed E-state index contributed by atoms with van der Waals surface area (Å²) in [5.74, 6) is -5.02. The van der Waals surface area contributed by atoms with E-state index in [9.17, 15) is 23.1 Å². The molecule has 0 bridgehead atoms. The molecule has 0 aliphatic carbocycles. The molecule has 0 saturated heterocycles. The number of H-pyrrole nitrogens is 1. The maximum atomic E-state index is 13.2. The van der Waals surface area contributed by atoms with Crippen molar-refractivity contribution < 1.29 is 23.1 Å². The number of aliphatic hydroxyl groups is 1. The highest BCUT2D eigenvalue weighted by Crippen LogP contribution is 2.19. The van der Waals surface area contributed by atoms with E-state index in [-0.39, 0.29) is 11.3 Å². The lowest BCUT2D eigenvalue weighted by Gasteiger charge is -2.16. The van der Waals surface area contributed by atoms with Crippen molar-refractivity contribution in [3.8, 4) is 0 Å². The van der Waals surface area contributed by atoms with Gasteiger partial charge in [-0.25, -0.2) is 13.2 Å². The maximum absolute atomic E-state index is 13.2. The van der Waals surface area contributed by atoms with Crippen LogP contribution in [0.5, 0.6) is 0 Å². The fourth-order valence-corrected chi connectivity index (χ4v) is 1.90. The van der Waals surface area contributed by atoms with E-state index in [1.807, 2.05) is 6.92 Å². The zero-order chi connectivity index (χ0) is 16.3. The second-order valence-electron chi connectivity index (χ2n) is 4.64. The summed E-state index contributed by atoms with van der Waals surface area (Å²) in [6.07, 6.45) is 0.651. The lowest BCUT2D eigenvalue weighted by molar-refractivity contribution is 0.0910. The van der Waals surface area contributed by atoms with Gasteiger partial charge in [0.25, 0.3) is 5.91 Å². The lowest BCUT2D eigenvalue weighted by atomic mass is 10.1. The second kappa shape index (κ2) is 6.61. The summed E-state index contributed by atoms with van der Waals surface area (Å²) in [7, 11) is 0. The molecule has 22 heavy (non-hydrogen) atoms. The molecule has 2 rings (SSSR count). The fraction of sp³-hybridized carbons (Fsp3) is 0.286. The Morgan fingerprint density at radius 1 is 1.32 bits per heavy atom. The number of amides is 1. The van der Waals surface area contributed by atoms with E-state index in [1.165, 1.54) is 6.07 Å². The van der Waals surface area contributed by atoms with Crippen molar-refractivity contribution in [1.82, 2.24) is 15.5 Å². The van der Waals surface area contributed by atoms with Crippen LogP contribution < -0.4 is 5.32 Å². The minimum atomic E-state index is -1.60. The molecule has 8 heteroatoms. The molecule has 1 unspecified atom stereocenters. The largest absolute Gasteiger partial charge is 0.394 e. The third kappa shape index (κ3) is 3.28. The van der Waals surface area contributed by atoms with E-state index < -0.39 is 36.0 Å². The Labute approximate surface area is 124 Å². The lowest BCUT2D eigenvalue weighted by Crippen LogP contribution is -2.31. The van der Waals surface area contributed by atoms with Gasteiger partial charge in [0.1, 0.15) is 5.69 Å². The van der Waals surface area contributed by atoms with Crippen LogP contribution in [0, 0.1) is 17.5 Å². The number of hydrogen-bond donors (Lipinski definition) is 3. The van der Waals surface area contributed by atoms with Gasteiger partial charge >= 0.3 is 0 Å². The van der Waals surface area contributed by atoms with Crippen molar-refractivity contribution in [2.45, 2.75) is 19.4 Å². The molecule has 1 aromatic heterocycles. The highest BCUT2D eigenvalue weighted by atomic mass is 19.2. The molecule has 2 aromatic rings. The van der Waals surface area contributed by atoms with E-state index in [0.717, 1.165) is 17.8 Å². The van der Waals surface area contributed by atoms with Crippen molar-refractivity contribution in [3.05, 3.63) is 52.6 Å². The third-order valence-electron chi connectivity index (χ3n) is 3.14. The van der Waals surface area contributed by atoms with Crippen molar-refractivity contribution in [2.75, 3.05) is 6.61 Å². The number of hydrogen-bond acceptors (Lipinski definition) is 3. The highest BCUT2D eigenvalue weighted by molar-refractivity contribution is 5.92. The van der Waals surface area contributed by atoms with E-state index in [0.29, 0.717) is 6.42 Å². The molecule has 0 aliphatic rings. The first-order chi connectivity index (χ1) is 10.5. The normalized spacial score (nSPS) is 12.2. The number of aromatic amines is 1. The third-order valence-corrected chi connectivity index (χ3v) is 3.14. The Balaban J connectivity index is 2.20. The van der Waals surface area contributed by atoms with Gasteiger partial charge in [-0.15, -0.1) is 0 Å². The molecule has 5 nitrogen and oxygen atoms in total. The van der Waals surface area contributed by atoms with Gasteiger partial charge < -0.3 is 10.4 Å². The monoisotopic (exact) mass is 313 g/mol. The van der Waals surface area contributed by atoms with Crippen LogP contribution in [0.2, 0.25) is 0 Å². The summed E-state index contributed by atoms with van der Waals surface area (Å²) in [6, 6.07) is 1.89. The van der Waals surface area contributed by atoms with Crippen molar-refractivity contribution >= 4 is 5.91 Å². The first kappa shape index (κ1) is 16.0. The zero-order valence-electron chi connectivity index (χ0n) is 11.7. The first-order valence-corrected chi connectivity index (χ1v) is 6.56. The van der Waals surface area contributed by atoms with E-state index in [2.05, 4.69) is 15.5 Å². The van der Waals surface area contributed by atoms with Crippen molar-refractivity contribution in [1.29, 1.82) is 0 Å². The molecule has 1 heterocycles. The SMILES string of the molecule is CCc1cc(C(=O)NC(CO)c2cc(F)c(F)c(F)c2)n[nH]1. The predicted molar refractivity (Wildman–Crippen MR) is 71.6 cm³/mol. The van der Waals surface area contributed by atoms with Crippen LogP contribution in [0.3, 0.4) is 0 Å². The van der Waals surface area contributed by atoms with Crippen LogP contribution in [0.1, 0.15) is 34.7 Å². The summed E-state index contributed by atoms with van der Waals surface area (Å²) >= 11 is 0. The molecule has 0 saturated carbocycles. The molecule has 0 aliphatic heterocycles. The number of nitrogens with one attached hydrogen (secondary N) is 2. The fourth-order valence-electron chi connectivity index (χ4n) is 1.90. The van der Waals surface area contributed by atoms with Gasteiger partial charge in [-0.05, 0) is 30.2 Å². The van der Waals surface area contributed by atoms with Crippen molar-refractivity contribution in [3.63, 3.8) is 0 Å². The van der Waals surface area contributed by atoms with Crippen LogP contribution in [0.15, 0.2) is 18.2 Å². The van der Waals surface area contributed by atoms with Crippen molar-refractivity contribution in [2.24, 2.45) is 0 Å². The number of rotatable bonds is 5. The molecule has 0 radical (unpaired) electrons. The molecule has 1 atom stereocenters. The number of aromatic nitrogens is 2. The summed E-state index contributed by atoms with van der Waals surface area (Å²) < 4.78 is 39.4. The number of aliphatic hydroxyl groups excluding tert-OH is 1. The number of nitrogens with zero attached hydrogens (tertiary/aromatic N) is 1. The number of halogens is 3. The Morgan fingerprint density at radius 3 is 2.45 bits per heavy atom. The van der Waals surface area contributed by atoms with Crippen LogP contribution >= 0.6 is 0 Å². The Hall–Kier alpha value is -2.35. The Morgan fingerprint density at radius 2 is 1.95 bits per heavy atom. The molecule has 1 amide bonds. The van der Waals surface area contributed by atoms with E-state index in [1.54, 1.807) is 0 Å². The van der Waals surface area contributed by atoms with E-state index in [4.69, 9.17) is 0 Å². The standard InChI is InChI=1S/C14H14F3N3O2/c1-2-8-5-11(20-19-8)14(22)18-12(6-21)7-3-9(15)13(17)10(16)4-7/h3-5,12,21H,2,6H2,1H3,(H,18,22)(H,19,20). The molecule has 0 spiro atoms. The predicted octanol–water partition coefficient (Wildman–Crippen LogP) is 1.85. The molecular weight excluding hydrogens is 299 g/mol. The number of benzene rings is 1. The summed E-state index contributed by atoms with van der Waals surface area (Å²) in [5, 5.41) is 18.1. The van der Waals surface area contributed by atoms with Crippen LogP contribution in [-0.4, -0.2) is 27.8 Å². The van der Waals surface area contributed by atoms with Crippen LogP contribution in [0.25, 0.3) is 0 Å². The molecular formula is C14H14F3N3O2. The zero-order valence-corrected chi connectivity index (χ0v) is 11.7. The topological polar surface area (TPSA) is 78.0 Å². The smallest absolute Gasteiger partial charge is 0.272 e. The van der Waals surface area contributed by atoms with Gasteiger partial charge in [0.05, 0.1) is 12.6 Å². The van der Waals surface area contributed by atoms with Gasteiger partial charge in [-0.2, -0.15) is 5.10 Å². The molecule has 3 N–H and O–H groups in total. The number of aryl methyl sites for hydroxylation is 1. The van der Waals surface area contributed by atoms with Crippen LogP contribution in [0.4, 0.5) is 13.2 Å². The molecule has 0 fully saturated rings. The molecule has 118 valence electrons. The second-order valence-corrected chi connectivity index (χ2v) is 4.64. The van der Waals surface area contributed by atoms with Gasteiger partial charge in [0.15, 0.2) is 17.5 Å². The van der Waals surface area contributed by atoms with Gasteiger partial charge in [-0.3, -0.25) is 9.89 Å². The summed E-state index contributed by atoms with van der Waals surface area (Å²) in [6.45, 7) is 1.26. The molecule has 1 aromatic carbocycles. The van der Waals surface area contributed by atoms with E-state index >= 15 is 0 Å².